The number of carbonyl (C=O) groups is 1. The number of nitrogens with one attached hydrogen (secondary N) is 1. The summed E-state index contributed by atoms with van der Waals surface area (Å²) in [4.78, 5) is 11.8. The maximum Gasteiger partial charge on any atom is 0.249 e. The van der Waals surface area contributed by atoms with Crippen LogP contribution in [0.25, 0.3) is 0 Å². The van der Waals surface area contributed by atoms with Crippen LogP contribution in [0, 0.1) is 5.92 Å². The first kappa shape index (κ1) is 13.2. The van der Waals surface area contributed by atoms with Crippen LogP contribution in [0.2, 0.25) is 0 Å². The highest BCUT2D eigenvalue weighted by Crippen LogP contribution is 2.27. The summed E-state index contributed by atoms with van der Waals surface area (Å²) in [5.41, 5.74) is 0. The van der Waals surface area contributed by atoms with Crippen molar-refractivity contribution < 1.29 is 9.53 Å². The van der Waals surface area contributed by atoms with Crippen LogP contribution in [0.1, 0.15) is 44.9 Å². The molecule has 0 radical (unpaired) electrons. The van der Waals surface area contributed by atoms with Gasteiger partial charge in [-0.3, -0.25) is 4.79 Å². The SMILES string of the molecule is O=C(NCC1CCC(Cl)CC1)C1CCCCO1. The van der Waals surface area contributed by atoms with Crippen molar-refractivity contribution in [3.8, 4) is 0 Å². The average molecular weight is 260 g/mol. The van der Waals surface area contributed by atoms with Gasteiger partial charge >= 0.3 is 0 Å². The van der Waals surface area contributed by atoms with Gasteiger partial charge in [-0.2, -0.15) is 0 Å². The number of amides is 1. The minimum absolute atomic E-state index is 0.0812. The molecule has 0 spiro atoms. The predicted octanol–water partition coefficient (Wildman–Crippen LogP) is 2.47. The first-order valence-electron chi connectivity index (χ1n) is 6.79. The van der Waals surface area contributed by atoms with E-state index in [9.17, 15) is 4.79 Å². The number of alkyl halides is 1. The molecule has 2 rings (SSSR count). The Morgan fingerprint density at radius 2 is 1.94 bits per heavy atom. The first-order valence-corrected chi connectivity index (χ1v) is 7.22. The zero-order valence-corrected chi connectivity index (χ0v) is 11.0. The lowest BCUT2D eigenvalue weighted by Crippen LogP contribution is -2.41. The molecule has 1 unspecified atom stereocenters. The standard InChI is InChI=1S/C13H22ClNO2/c14-11-6-4-10(5-7-11)9-15-13(16)12-3-1-2-8-17-12/h10-12H,1-9H2,(H,15,16). The van der Waals surface area contributed by atoms with Crippen LogP contribution < -0.4 is 5.32 Å². The summed E-state index contributed by atoms with van der Waals surface area (Å²) in [6.45, 7) is 1.53. The molecule has 0 aromatic carbocycles. The van der Waals surface area contributed by atoms with E-state index in [0.29, 0.717) is 11.3 Å². The monoisotopic (exact) mass is 259 g/mol. The quantitative estimate of drug-likeness (QED) is 0.791. The van der Waals surface area contributed by atoms with Crippen molar-refractivity contribution in [2.75, 3.05) is 13.2 Å². The highest BCUT2D eigenvalue weighted by molar-refractivity contribution is 6.20. The third-order valence-electron chi connectivity index (χ3n) is 3.81. The molecule has 98 valence electrons. The van der Waals surface area contributed by atoms with Gasteiger partial charge in [-0.15, -0.1) is 11.6 Å². The molecule has 1 amide bonds. The highest BCUT2D eigenvalue weighted by Gasteiger charge is 2.24. The molecule has 1 N–H and O–H groups in total. The lowest BCUT2D eigenvalue weighted by Gasteiger charge is -2.27. The lowest BCUT2D eigenvalue weighted by molar-refractivity contribution is -0.135. The Morgan fingerprint density at radius 3 is 2.59 bits per heavy atom. The Bertz CT molecular complexity index is 246. The van der Waals surface area contributed by atoms with E-state index in [4.69, 9.17) is 16.3 Å². The molecular formula is C13H22ClNO2. The number of carbonyl (C=O) groups excluding carboxylic acids is 1. The van der Waals surface area contributed by atoms with Crippen LogP contribution in [0.3, 0.4) is 0 Å². The number of ether oxygens (including phenoxy) is 1. The van der Waals surface area contributed by atoms with Gasteiger partial charge in [-0.05, 0) is 50.9 Å². The molecule has 17 heavy (non-hydrogen) atoms. The average Bonchev–Trinajstić information content (AvgIpc) is 2.39. The van der Waals surface area contributed by atoms with Crippen LogP contribution in [0.15, 0.2) is 0 Å². The van der Waals surface area contributed by atoms with E-state index in [0.717, 1.165) is 58.1 Å². The van der Waals surface area contributed by atoms with Crippen molar-refractivity contribution >= 4 is 17.5 Å². The Labute approximate surface area is 108 Å². The van der Waals surface area contributed by atoms with Crippen LogP contribution >= 0.6 is 11.6 Å². The van der Waals surface area contributed by atoms with Crippen molar-refractivity contribution in [3.05, 3.63) is 0 Å². The van der Waals surface area contributed by atoms with Gasteiger partial charge < -0.3 is 10.1 Å². The largest absolute Gasteiger partial charge is 0.368 e. The van der Waals surface area contributed by atoms with Crippen molar-refractivity contribution in [1.82, 2.24) is 5.32 Å². The summed E-state index contributed by atoms with van der Waals surface area (Å²) in [5, 5.41) is 3.38. The van der Waals surface area contributed by atoms with E-state index in [1.165, 1.54) is 0 Å². The van der Waals surface area contributed by atoms with Crippen LogP contribution in [-0.2, 0) is 9.53 Å². The minimum atomic E-state index is -0.201. The predicted molar refractivity (Wildman–Crippen MR) is 68.2 cm³/mol. The Morgan fingerprint density at radius 1 is 1.18 bits per heavy atom. The normalized spacial score (nSPS) is 34.3. The Balaban J connectivity index is 1.65. The van der Waals surface area contributed by atoms with E-state index in [1.54, 1.807) is 0 Å². The summed E-state index contributed by atoms with van der Waals surface area (Å²) in [6.07, 6.45) is 7.32. The van der Waals surface area contributed by atoms with Gasteiger partial charge in [0.2, 0.25) is 5.91 Å². The molecule has 1 heterocycles. The molecular weight excluding hydrogens is 238 g/mol. The molecule has 4 heteroatoms. The molecule has 3 nitrogen and oxygen atoms in total. The zero-order chi connectivity index (χ0) is 12.1. The van der Waals surface area contributed by atoms with Gasteiger partial charge in [0, 0.05) is 18.5 Å². The summed E-state index contributed by atoms with van der Waals surface area (Å²) < 4.78 is 5.46. The molecule has 0 aromatic heterocycles. The van der Waals surface area contributed by atoms with Crippen LogP contribution in [0.5, 0.6) is 0 Å². The molecule has 1 aliphatic carbocycles. The number of hydrogen-bond donors (Lipinski definition) is 1. The molecule has 2 aliphatic rings. The maximum absolute atomic E-state index is 11.8. The summed E-state index contributed by atoms with van der Waals surface area (Å²) in [7, 11) is 0. The van der Waals surface area contributed by atoms with Gasteiger partial charge in [0.05, 0.1) is 0 Å². The smallest absolute Gasteiger partial charge is 0.249 e. The Kier molecular flexibility index (Phi) is 5.11. The highest BCUT2D eigenvalue weighted by atomic mass is 35.5. The van der Waals surface area contributed by atoms with Gasteiger partial charge in [-0.1, -0.05) is 0 Å². The van der Waals surface area contributed by atoms with Gasteiger partial charge in [0.25, 0.3) is 0 Å². The minimum Gasteiger partial charge on any atom is -0.368 e. The first-order chi connectivity index (χ1) is 8.25. The van der Waals surface area contributed by atoms with E-state index < -0.39 is 0 Å². The van der Waals surface area contributed by atoms with Crippen LogP contribution in [-0.4, -0.2) is 30.5 Å². The second-order valence-corrected chi connectivity index (χ2v) is 5.84. The fourth-order valence-electron chi connectivity index (χ4n) is 2.63. The number of hydrogen-bond acceptors (Lipinski definition) is 2. The second-order valence-electron chi connectivity index (χ2n) is 5.22. The zero-order valence-electron chi connectivity index (χ0n) is 10.3. The van der Waals surface area contributed by atoms with Crippen molar-refractivity contribution in [2.45, 2.75) is 56.4 Å². The number of rotatable bonds is 3. The Hall–Kier alpha value is -0.280. The van der Waals surface area contributed by atoms with Crippen molar-refractivity contribution in [1.29, 1.82) is 0 Å². The maximum atomic E-state index is 11.8. The fraction of sp³-hybridized carbons (Fsp3) is 0.923. The van der Waals surface area contributed by atoms with E-state index in [2.05, 4.69) is 5.32 Å². The summed E-state index contributed by atoms with van der Waals surface area (Å²) in [6, 6.07) is 0. The molecule has 1 aliphatic heterocycles. The number of halogens is 1. The lowest BCUT2D eigenvalue weighted by atomic mass is 9.89. The summed E-state index contributed by atoms with van der Waals surface area (Å²) >= 11 is 6.06. The molecule has 1 saturated carbocycles. The molecule has 2 fully saturated rings. The second kappa shape index (κ2) is 6.60. The molecule has 1 saturated heterocycles. The van der Waals surface area contributed by atoms with Crippen molar-refractivity contribution in [3.63, 3.8) is 0 Å². The van der Waals surface area contributed by atoms with E-state index in [1.807, 2.05) is 0 Å². The van der Waals surface area contributed by atoms with E-state index >= 15 is 0 Å². The van der Waals surface area contributed by atoms with Gasteiger partial charge in [0.15, 0.2) is 0 Å². The van der Waals surface area contributed by atoms with Gasteiger partial charge in [0.1, 0.15) is 6.10 Å². The fourth-order valence-corrected chi connectivity index (χ4v) is 2.88. The van der Waals surface area contributed by atoms with Crippen molar-refractivity contribution in [2.24, 2.45) is 5.92 Å². The molecule has 0 aromatic rings. The van der Waals surface area contributed by atoms with Crippen LogP contribution in [0.4, 0.5) is 0 Å². The topological polar surface area (TPSA) is 38.3 Å². The van der Waals surface area contributed by atoms with Gasteiger partial charge in [-0.25, -0.2) is 0 Å². The third kappa shape index (κ3) is 4.14. The summed E-state index contributed by atoms with van der Waals surface area (Å²) in [5.74, 6) is 0.690. The third-order valence-corrected chi connectivity index (χ3v) is 4.25. The molecule has 1 atom stereocenters. The molecule has 0 bridgehead atoms. The van der Waals surface area contributed by atoms with E-state index in [-0.39, 0.29) is 12.0 Å².